The topological polar surface area (TPSA) is 124 Å². The monoisotopic (exact) mass is 634 g/mol. The van der Waals surface area contributed by atoms with Crippen molar-refractivity contribution in [3.05, 3.63) is 47.6 Å². The molecule has 46 heavy (non-hydrogen) atoms. The van der Waals surface area contributed by atoms with Gasteiger partial charge >= 0.3 is 11.9 Å². The van der Waals surface area contributed by atoms with Crippen LogP contribution in [0.1, 0.15) is 105 Å². The van der Waals surface area contributed by atoms with Crippen LogP contribution >= 0.6 is 0 Å². The molecule has 1 aromatic carbocycles. The number of rotatable bonds is 5. The number of hydrogen-bond donors (Lipinski definition) is 4. The lowest BCUT2D eigenvalue weighted by Crippen LogP contribution is -2.68. The van der Waals surface area contributed by atoms with Gasteiger partial charge in [-0.15, -0.1) is 0 Å². The summed E-state index contributed by atoms with van der Waals surface area (Å²) < 4.78 is 5.98. The summed E-state index contributed by atoms with van der Waals surface area (Å²) in [5.41, 5.74) is 0.128. The highest BCUT2D eigenvalue weighted by atomic mass is 16.6. The Balaban J connectivity index is 1.31. The van der Waals surface area contributed by atoms with Crippen LogP contribution in [-0.4, -0.2) is 51.2 Å². The van der Waals surface area contributed by atoms with Crippen molar-refractivity contribution in [1.82, 2.24) is 0 Å². The number of aliphatic hydroxyl groups is 2. The number of aliphatic hydroxyl groups excluding tert-OH is 2. The van der Waals surface area contributed by atoms with Crippen molar-refractivity contribution in [3.63, 3.8) is 0 Å². The maximum absolute atomic E-state index is 13.1. The van der Waals surface area contributed by atoms with Gasteiger partial charge in [0.05, 0.1) is 18.1 Å². The zero-order chi connectivity index (χ0) is 33.5. The normalized spacial score (nSPS) is 44.6. The number of allylic oxidation sites excluding steroid dienone is 2. The van der Waals surface area contributed by atoms with E-state index in [9.17, 15) is 30.0 Å². The summed E-state index contributed by atoms with van der Waals surface area (Å²) in [6, 6.07) is 6.49. The van der Waals surface area contributed by atoms with Gasteiger partial charge in [-0.2, -0.15) is 0 Å². The SMILES string of the molecule is CC1(C)CC[C@]2(C(=O)O)CC[C@]3(C)C(=CC[C@@H]4[C@@]5(C)C[C@@H](O)[C@H](OC(=O)/C=C/c6ccc(O)cc6)[C@@](C)(CO)[C@@H]5CC[C@]43C)[C@@H]2C1. The Labute approximate surface area is 274 Å². The average molecular weight is 635 g/mol. The summed E-state index contributed by atoms with van der Waals surface area (Å²) in [6.45, 7) is 13.5. The minimum Gasteiger partial charge on any atom is -0.508 e. The average Bonchev–Trinajstić information content (AvgIpc) is 2.98. The van der Waals surface area contributed by atoms with E-state index in [-0.39, 0.29) is 51.8 Å². The number of carbonyl (C=O) groups excluding carboxylic acids is 1. The maximum Gasteiger partial charge on any atom is 0.331 e. The fourth-order valence-corrected chi connectivity index (χ4v) is 11.9. The number of fused-ring (bicyclic) bond motifs is 7. The van der Waals surface area contributed by atoms with E-state index >= 15 is 0 Å². The van der Waals surface area contributed by atoms with Crippen LogP contribution in [0.3, 0.4) is 0 Å². The number of esters is 1. The van der Waals surface area contributed by atoms with Crippen molar-refractivity contribution in [3.8, 4) is 5.75 Å². The molecule has 7 nitrogen and oxygen atoms in total. The number of phenols is 1. The molecule has 4 saturated carbocycles. The Morgan fingerprint density at radius 2 is 1.61 bits per heavy atom. The molecular formula is C39H54O7. The Morgan fingerprint density at radius 1 is 0.935 bits per heavy atom. The number of benzene rings is 1. The predicted octanol–water partition coefficient (Wildman–Crippen LogP) is 7.15. The third-order valence-corrected chi connectivity index (χ3v) is 14.7. The summed E-state index contributed by atoms with van der Waals surface area (Å²) in [6.07, 6.45) is 10.8. The van der Waals surface area contributed by atoms with E-state index in [2.05, 4.69) is 40.7 Å². The first-order chi connectivity index (χ1) is 21.5. The first kappa shape index (κ1) is 33.3. The summed E-state index contributed by atoms with van der Waals surface area (Å²) in [5, 5.41) is 42.9. The molecule has 0 spiro atoms. The van der Waals surface area contributed by atoms with Gasteiger partial charge in [-0.05, 0) is 121 Å². The lowest BCUT2D eigenvalue weighted by atomic mass is 9.33. The van der Waals surface area contributed by atoms with E-state index in [1.54, 1.807) is 30.3 Å². The maximum atomic E-state index is 13.1. The molecule has 5 aliphatic rings. The van der Waals surface area contributed by atoms with Gasteiger partial charge in [0.15, 0.2) is 0 Å². The number of carbonyl (C=O) groups is 2. The fourth-order valence-electron chi connectivity index (χ4n) is 11.9. The number of aliphatic carboxylic acids is 1. The molecule has 0 aromatic heterocycles. The van der Waals surface area contributed by atoms with E-state index in [1.165, 1.54) is 11.6 Å². The number of ether oxygens (including phenoxy) is 1. The van der Waals surface area contributed by atoms with Gasteiger partial charge in [-0.3, -0.25) is 4.79 Å². The quantitative estimate of drug-likeness (QED) is 0.154. The van der Waals surface area contributed by atoms with Crippen LogP contribution in [0.25, 0.3) is 6.08 Å². The molecule has 5 aliphatic carbocycles. The number of carboxylic acid groups (broad SMARTS) is 1. The van der Waals surface area contributed by atoms with Crippen molar-refractivity contribution in [2.24, 2.45) is 50.2 Å². The van der Waals surface area contributed by atoms with Crippen LogP contribution in [0.4, 0.5) is 0 Å². The van der Waals surface area contributed by atoms with Crippen LogP contribution in [0.5, 0.6) is 5.75 Å². The predicted molar refractivity (Wildman–Crippen MR) is 176 cm³/mol. The van der Waals surface area contributed by atoms with E-state index in [4.69, 9.17) is 4.74 Å². The highest BCUT2D eigenvalue weighted by Gasteiger charge is 2.71. The van der Waals surface area contributed by atoms with Crippen LogP contribution < -0.4 is 0 Å². The molecule has 0 saturated heterocycles. The van der Waals surface area contributed by atoms with Gasteiger partial charge in [-0.1, -0.05) is 65.3 Å². The van der Waals surface area contributed by atoms with Crippen LogP contribution in [0.15, 0.2) is 42.0 Å². The summed E-state index contributed by atoms with van der Waals surface area (Å²) in [4.78, 5) is 26.0. The lowest BCUT2D eigenvalue weighted by Gasteiger charge is -2.71. The minimum atomic E-state index is -0.935. The molecule has 252 valence electrons. The van der Waals surface area contributed by atoms with E-state index in [0.717, 1.165) is 50.5 Å². The molecule has 4 N–H and O–H groups in total. The number of aromatic hydroxyl groups is 1. The van der Waals surface area contributed by atoms with Crippen molar-refractivity contribution in [2.75, 3.05) is 6.61 Å². The molecule has 1 aromatic rings. The lowest BCUT2D eigenvalue weighted by molar-refractivity contribution is -0.249. The minimum absolute atomic E-state index is 0.0271. The third kappa shape index (κ3) is 4.73. The van der Waals surface area contributed by atoms with Gasteiger partial charge in [0, 0.05) is 11.5 Å². The van der Waals surface area contributed by atoms with Gasteiger partial charge in [0.2, 0.25) is 0 Å². The van der Waals surface area contributed by atoms with Crippen LogP contribution in [0.2, 0.25) is 0 Å². The number of carboxylic acids is 1. The van der Waals surface area contributed by atoms with Crippen molar-refractivity contribution >= 4 is 18.0 Å². The molecule has 6 rings (SSSR count). The van der Waals surface area contributed by atoms with E-state index < -0.39 is 35.0 Å². The Hall–Kier alpha value is -2.64. The molecule has 7 heteroatoms. The van der Waals surface area contributed by atoms with E-state index in [0.29, 0.717) is 12.8 Å². The smallest absolute Gasteiger partial charge is 0.331 e. The van der Waals surface area contributed by atoms with Gasteiger partial charge in [-0.25, -0.2) is 4.79 Å². The van der Waals surface area contributed by atoms with Crippen molar-refractivity contribution in [2.45, 2.75) is 112 Å². The van der Waals surface area contributed by atoms with Crippen LogP contribution in [-0.2, 0) is 14.3 Å². The summed E-state index contributed by atoms with van der Waals surface area (Å²) in [5.74, 6) is -0.769. The highest BCUT2D eigenvalue weighted by molar-refractivity contribution is 5.87. The third-order valence-electron chi connectivity index (χ3n) is 14.7. The standard InChI is InChI=1S/C39H54O7/c1-34(2)17-19-39(33(44)45)20-18-37(5)26(27(39)21-34)12-13-30-35(3)22-28(42)32(36(4,23-40)29(35)15-16-38(30,37)6)46-31(43)14-9-24-7-10-25(41)11-8-24/h7-12,14,27-30,32,40-42H,13,15-23H2,1-6H3,(H,44,45)/b14-9+/t27-,28+,29+,30+,32-,35-,36-,37+,38+,39-/m0/s1. The second-order valence-corrected chi connectivity index (χ2v) is 17.4. The Kier molecular flexibility index (Phi) is 7.92. The van der Waals surface area contributed by atoms with Gasteiger partial charge < -0.3 is 25.2 Å². The fraction of sp³-hybridized carbons (Fsp3) is 0.692. The van der Waals surface area contributed by atoms with Crippen molar-refractivity contribution in [1.29, 1.82) is 0 Å². The Morgan fingerprint density at radius 3 is 2.26 bits per heavy atom. The second kappa shape index (κ2) is 10.9. The molecule has 10 atom stereocenters. The van der Waals surface area contributed by atoms with Gasteiger partial charge in [0.1, 0.15) is 11.9 Å². The first-order valence-electron chi connectivity index (χ1n) is 17.4. The molecule has 0 bridgehead atoms. The number of phenolic OH excluding ortho intramolecular Hbond substituents is 1. The highest BCUT2D eigenvalue weighted by Crippen LogP contribution is 2.75. The van der Waals surface area contributed by atoms with Gasteiger partial charge in [0.25, 0.3) is 0 Å². The number of hydrogen-bond acceptors (Lipinski definition) is 6. The molecule has 0 radical (unpaired) electrons. The second-order valence-electron chi connectivity index (χ2n) is 17.4. The van der Waals surface area contributed by atoms with E-state index in [1.807, 2.05) is 6.92 Å². The summed E-state index contributed by atoms with van der Waals surface area (Å²) in [7, 11) is 0. The zero-order valence-corrected chi connectivity index (χ0v) is 28.5. The molecular weight excluding hydrogens is 580 g/mol. The van der Waals surface area contributed by atoms with Crippen LogP contribution in [0, 0.1) is 50.2 Å². The first-order valence-corrected chi connectivity index (χ1v) is 17.4. The molecule has 0 heterocycles. The van der Waals surface area contributed by atoms with Crippen molar-refractivity contribution < 1.29 is 34.8 Å². The Bertz CT molecular complexity index is 1440. The molecule has 0 aliphatic heterocycles. The molecule has 4 fully saturated rings. The summed E-state index contributed by atoms with van der Waals surface area (Å²) >= 11 is 0. The molecule has 0 amide bonds. The largest absolute Gasteiger partial charge is 0.508 e. The zero-order valence-electron chi connectivity index (χ0n) is 28.5. The molecule has 0 unspecified atom stereocenters.